The Morgan fingerprint density at radius 1 is 0.967 bits per heavy atom. The number of aromatic amines is 1. The number of nitrogens with one attached hydrogen (secondary N) is 3. The minimum atomic E-state index is -2.75. The fourth-order valence-corrected chi connectivity index (χ4v) is 3.66. The van der Waals surface area contributed by atoms with Gasteiger partial charge in [0.05, 0.1) is 15.9 Å². The van der Waals surface area contributed by atoms with Gasteiger partial charge in [0.2, 0.25) is 0 Å². The number of carbonyl (C=O) groups is 2. The predicted molar refractivity (Wildman–Crippen MR) is 106 cm³/mol. The number of carbonyl (C=O) groups excluding carboxylic acids is 2. The number of fused-ring (bicyclic) bond motifs is 1. The highest BCUT2D eigenvalue weighted by Gasteiger charge is 2.15. The molecule has 0 aliphatic rings. The molecule has 4 rings (SSSR count). The van der Waals surface area contributed by atoms with E-state index < -0.39 is 24.1 Å². The number of H-pyrrole nitrogens is 1. The number of thiophene rings is 1. The third-order valence-electron chi connectivity index (χ3n) is 4.22. The van der Waals surface area contributed by atoms with Gasteiger partial charge < -0.3 is 4.98 Å². The summed E-state index contributed by atoms with van der Waals surface area (Å²) in [7, 11) is 0. The summed E-state index contributed by atoms with van der Waals surface area (Å²) in [5.41, 5.74) is 6.10. The first-order chi connectivity index (χ1) is 14.4. The van der Waals surface area contributed by atoms with Gasteiger partial charge in [0.1, 0.15) is 5.82 Å². The third-order valence-corrected chi connectivity index (χ3v) is 5.35. The summed E-state index contributed by atoms with van der Waals surface area (Å²) in [5.74, 6) is -1.97. The van der Waals surface area contributed by atoms with E-state index in [-0.39, 0.29) is 16.9 Å². The molecule has 0 fully saturated rings. The minimum absolute atomic E-state index is 0.158. The van der Waals surface area contributed by atoms with Crippen LogP contribution in [0.3, 0.4) is 0 Å². The van der Waals surface area contributed by atoms with Gasteiger partial charge >= 0.3 is 0 Å². The molecule has 2 aromatic heterocycles. The molecule has 0 unspecified atom stereocenters. The molecule has 3 N–H and O–H groups in total. The van der Waals surface area contributed by atoms with E-state index in [0.29, 0.717) is 10.4 Å². The summed E-state index contributed by atoms with van der Waals surface area (Å²) in [4.78, 5) is 31.9. The number of hydrogen-bond acceptors (Lipinski definition) is 4. The molecule has 6 nitrogen and oxygen atoms in total. The first-order valence-corrected chi connectivity index (χ1v) is 9.46. The second-order valence-electron chi connectivity index (χ2n) is 6.23. The van der Waals surface area contributed by atoms with E-state index >= 15 is 0 Å². The van der Waals surface area contributed by atoms with Crippen molar-refractivity contribution in [3.63, 3.8) is 0 Å². The van der Waals surface area contributed by atoms with E-state index in [1.807, 2.05) is 0 Å². The van der Waals surface area contributed by atoms with Gasteiger partial charge in [-0.1, -0.05) is 12.1 Å². The zero-order chi connectivity index (χ0) is 21.3. The Morgan fingerprint density at radius 3 is 2.43 bits per heavy atom. The largest absolute Gasteiger partial charge is 0.337 e. The average molecular weight is 430 g/mol. The highest BCUT2D eigenvalue weighted by molar-refractivity contribution is 7.17. The Kier molecular flexibility index (Phi) is 5.23. The Bertz CT molecular complexity index is 1230. The molecule has 0 radical (unpaired) electrons. The van der Waals surface area contributed by atoms with Crippen LogP contribution in [0.1, 0.15) is 32.3 Å². The maximum absolute atomic E-state index is 13.0. The van der Waals surface area contributed by atoms with Crippen molar-refractivity contribution in [1.82, 2.24) is 20.8 Å². The van der Waals surface area contributed by atoms with E-state index in [1.54, 1.807) is 24.3 Å². The number of amides is 2. The van der Waals surface area contributed by atoms with Crippen molar-refractivity contribution in [2.45, 2.75) is 6.43 Å². The molecule has 4 aromatic rings. The minimum Gasteiger partial charge on any atom is -0.337 e. The molecular formula is C20H13F3N4O2S. The number of imidazole rings is 1. The van der Waals surface area contributed by atoms with Crippen LogP contribution in [0.2, 0.25) is 0 Å². The van der Waals surface area contributed by atoms with Crippen LogP contribution >= 0.6 is 11.3 Å². The van der Waals surface area contributed by atoms with Gasteiger partial charge in [-0.25, -0.2) is 18.2 Å². The number of aromatic nitrogens is 2. The van der Waals surface area contributed by atoms with Gasteiger partial charge in [-0.2, -0.15) is 0 Å². The lowest BCUT2D eigenvalue weighted by Gasteiger charge is -2.06. The van der Waals surface area contributed by atoms with Crippen molar-refractivity contribution in [2.24, 2.45) is 0 Å². The van der Waals surface area contributed by atoms with Crippen LogP contribution in [-0.4, -0.2) is 21.8 Å². The lowest BCUT2D eigenvalue weighted by Crippen LogP contribution is -2.41. The Morgan fingerprint density at radius 2 is 1.70 bits per heavy atom. The molecule has 0 aliphatic heterocycles. The van der Waals surface area contributed by atoms with Gasteiger partial charge in [-0.15, -0.1) is 11.3 Å². The van der Waals surface area contributed by atoms with Crippen molar-refractivity contribution in [1.29, 1.82) is 0 Å². The summed E-state index contributed by atoms with van der Waals surface area (Å²) in [6.07, 6.45) is -2.75. The maximum Gasteiger partial charge on any atom is 0.295 e. The van der Waals surface area contributed by atoms with Gasteiger partial charge in [0, 0.05) is 10.4 Å². The lowest BCUT2D eigenvalue weighted by molar-refractivity contribution is 0.0849. The van der Waals surface area contributed by atoms with Gasteiger partial charge in [-0.05, 0) is 48.0 Å². The monoisotopic (exact) mass is 430 g/mol. The van der Waals surface area contributed by atoms with E-state index in [4.69, 9.17) is 0 Å². The molecule has 0 atom stereocenters. The molecule has 2 aromatic carbocycles. The second kappa shape index (κ2) is 7.99. The number of benzene rings is 2. The van der Waals surface area contributed by atoms with Crippen LogP contribution in [0.15, 0.2) is 54.6 Å². The Hall–Kier alpha value is -3.66. The third kappa shape index (κ3) is 4.03. The van der Waals surface area contributed by atoms with Gasteiger partial charge in [-0.3, -0.25) is 20.4 Å². The highest BCUT2D eigenvalue weighted by Crippen LogP contribution is 2.28. The molecule has 0 aliphatic carbocycles. The van der Waals surface area contributed by atoms with Crippen LogP contribution in [-0.2, 0) is 0 Å². The number of hydrogen-bond donors (Lipinski definition) is 3. The number of alkyl halides is 2. The van der Waals surface area contributed by atoms with Crippen molar-refractivity contribution in [3.05, 3.63) is 76.7 Å². The highest BCUT2D eigenvalue weighted by atomic mass is 32.1. The Labute approximate surface area is 171 Å². The standard InChI is InChI=1S/C20H13F3N4O2S/c21-12-4-1-10(2-5-12)15-7-8-16(30-15)20(29)27-26-19(28)11-3-6-13-14(9-11)25-18(24-13)17(22)23/h1-9,17H,(H,24,25)(H,26,28)(H,27,29). The fourth-order valence-electron chi connectivity index (χ4n) is 2.75. The first kappa shape index (κ1) is 19.6. The number of hydrazine groups is 1. The van der Waals surface area contributed by atoms with Gasteiger partial charge in [0.25, 0.3) is 18.2 Å². The summed E-state index contributed by atoms with van der Waals surface area (Å²) in [6, 6.07) is 13.4. The molecule has 0 bridgehead atoms. The summed E-state index contributed by atoms with van der Waals surface area (Å²) >= 11 is 1.18. The van der Waals surface area contributed by atoms with E-state index in [0.717, 1.165) is 10.4 Å². The maximum atomic E-state index is 13.0. The zero-order valence-electron chi connectivity index (χ0n) is 15.1. The summed E-state index contributed by atoms with van der Waals surface area (Å²) in [5, 5.41) is 0. The van der Waals surface area contributed by atoms with Crippen molar-refractivity contribution >= 4 is 34.2 Å². The SMILES string of the molecule is O=C(NNC(=O)c1ccc(-c2ccc(F)cc2)s1)c1ccc2nc(C(F)F)[nH]c2c1. The summed E-state index contributed by atoms with van der Waals surface area (Å²) < 4.78 is 38.5. The zero-order valence-corrected chi connectivity index (χ0v) is 15.9. The van der Waals surface area contributed by atoms with Crippen LogP contribution < -0.4 is 10.9 Å². The smallest absolute Gasteiger partial charge is 0.295 e. The topological polar surface area (TPSA) is 86.9 Å². The summed E-state index contributed by atoms with van der Waals surface area (Å²) in [6.45, 7) is 0. The molecular weight excluding hydrogens is 417 g/mol. The van der Waals surface area contributed by atoms with Crippen molar-refractivity contribution < 1.29 is 22.8 Å². The number of rotatable bonds is 4. The molecule has 2 amide bonds. The molecule has 0 saturated carbocycles. The number of halogens is 3. The quantitative estimate of drug-likeness (QED) is 0.418. The fraction of sp³-hybridized carbons (Fsp3) is 0.0500. The normalized spacial score (nSPS) is 11.1. The van der Waals surface area contributed by atoms with Gasteiger partial charge in [0.15, 0.2) is 5.82 Å². The molecule has 10 heteroatoms. The molecule has 30 heavy (non-hydrogen) atoms. The molecule has 0 saturated heterocycles. The van der Waals surface area contributed by atoms with E-state index in [1.165, 1.54) is 41.7 Å². The van der Waals surface area contributed by atoms with Crippen LogP contribution in [0, 0.1) is 5.82 Å². The molecule has 0 spiro atoms. The first-order valence-electron chi connectivity index (χ1n) is 8.65. The lowest BCUT2D eigenvalue weighted by atomic mass is 10.2. The van der Waals surface area contributed by atoms with Crippen LogP contribution in [0.25, 0.3) is 21.5 Å². The molecule has 2 heterocycles. The Balaban J connectivity index is 1.42. The predicted octanol–water partition coefficient (Wildman–Crippen LogP) is 4.44. The molecule has 152 valence electrons. The van der Waals surface area contributed by atoms with E-state index in [2.05, 4.69) is 20.8 Å². The number of nitrogens with zero attached hydrogens (tertiary/aromatic N) is 1. The van der Waals surface area contributed by atoms with Crippen LogP contribution in [0.5, 0.6) is 0 Å². The van der Waals surface area contributed by atoms with Crippen LogP contribution in [0.4, 0.5) is 13.2 Å². The average Bonchev–Trinajstić information content (AvgIpc) is 3.39. The van der Waals surface area contributed by atoms with Crippen molar-refractivity contribution in [3.8, 4) is 10.4 Å². The van der Waals surface area contributed by atoms with E-state index in [9.17, 15) is 22.8 Å². The van der Waals surface area contributed by atoms with Crippen molar-refractivity contribution in [2.75, 3.05) is 0 Å². The second-order valence-corrected chi connectivity index (χ2v) is 7.32.